The van der Waals surface area contributed by atoms with Gasteiger partial charge in [0.15, 0.2) is 0 Å². The minimum atomic E-state index is -4.45. The topological polar surface area (TPSA) is 46.3 Å². The van der Waals surface area contributed by atoms with Crippen molar-refractivity contribution < 1.29 is 26.7 Å². The molecule has 118 valence electrons. The van der Waals surface area contributed by atoms with Crippen molar-refractivity contribution in [3.05, 3.63) is 35.4 Å². The standard InChI is InChI=1S/C13H15F5N2O/c14-11(15)8-20(6-5-19)12(21)7-9-1-3-10(4-2-9)13(16,17)18/h1-4,11H,5-8,19H2. The van der Waals surface area contributed by atoms with Crippen LogP contribution >= 0.6 is 0 Å². The molecule has 3 nitrogen and oxygen atoms in total. The maximum atomic E-state index is 12.4. The molecule has 0 aromatic heterocycles. The third-order valence-corrected chi connectivity index (χ3v) is 2.75. The van der Waals surface area contributed by atoms with Gasteiger partial charge in [-0.25, -0.2) is 8.78 Å². The lowest BCUT2D eigenvalue weighted by Gasteiger charge is -2.21. The molecule has 1 amide bonds. The third kappa shape index (κ3) is 5.66. The van der Waals surface area contributed by atoms with Crippen LogP contribution in [0.1, 0.15) is 11.1 Å². The number of benzene rings is 1. The highest BCUT2D eigenvalue weighted by Crippen LogP contribution is 2.29. The van der Waals surface area contributed by atoms with Gasteiger partial charge in [-0.05, 0) is 17.7 Å². The molecule has 0 heterocycles. The summed E-state index contributed by atoms with van der Waals surface area (Å²) in [6.45, 7) is -0.730. The van der Waals surface area contributed by atoms with Crippen LogP contribution in [0.2, 0.25) is 0 Å². The van der Waals surface area contributed by atoms with Crippen LogP contribution in [0.4, 0.5) is 22.0 Å². The zero-order chi connectivity index (χ0) is 16.0. The lowest BCUT2D eigenvalue weighted by molar-refractivity contribution is -0.137. The maximum Gasteiger partial charge on any atom is 0.416 e. The Labute approximate surface area is 118 Å². The molecule has 0 atom stereocenters. The van der Waals surface area contributed by atoms with Crippen LogP contribution in [-0.4, -0.2) is 36.9 Å². The summed E-state index contributed by atoms with van der Waals surface area (Å²) in [6, 6.07) is 4.01. The summed E-state index contributed by atoms with van der Waals surface area (Å²) in [5.74, 6) is -0.597. The number of carbonyl (C=O) groups excluding carboxylic acids is 1. The number of carbonyl (C=O) groups is 1. The molecule has 1 rings (SSSR count). The van der Waals surface area contributed by atoms with Gasteiger partial charge in [-0.3, -0.25) is 4.79 Å². The first-order chi connectivity index (χ1) is 9.74. The molecule has 0 aliphatic rings. The molecule has 0 aliphatic heterocycles. The average Bonchev–Trinajstić information content (AvgIpc) is 2.37. The van der Waals surface area contributed by atoms with Gasteiger partial charge in [0.2, 0.25) is 5.91 Å². The van der Waals surface area contributed by atoms with Crippen molar-refractivity contribution in [3.8, 4) is 0 Å². The number of halogens is 5. The van der Waals surface area contributed by atoms with Crippen LogP contribution in [0.5, 0.6) is 0 Å². The summed E-state index contributed by atoms with van der Waals surface area (Å²) in [5, 5.41) is 0. The molecule has 0 bridgehead atoms. The van der Waals surface area contributed by atoms with Crippen molar-refractivity contribution in [1.82, 2.24) is 4.90 Å². The Morgan fingerprint density at radius 2 is 1.76 bits per heavy atom. The molecule has 8 heteroatoms. The summed E-state index contributed by atoms with van der Waals surface area (Å²) >= 11 is 0. The second kappa shape index (κ2) is 7.35. The molecule has 0 spiro atoms. The van der Waals surface area contributed by atoms with Gasteiger partial charge in [0, 0.05) is 13.1 Å². The van der Waals surface area contributed by atoms with Gasteiger partial charge in [-0.15, -0.1) is 0 Å². The fraction of sp³-hybridized carbons (Fsp3) is 0.462. The van der Waals surface area contributed by atoms with E-state index in [0.717, 1.165) is 29.2 Å². The lowest BCUT2D eigenvalue weighted by Crippen LogP contribution is -2.39. The zero-order valence-corrected chi connectivity index (χ0v) is 11.0. The quantitative estimate of drug-likeness (QED) is 0.820. The van der Waals surface area contributed by atoms with Gasteiger partial charge in [-0.2, -0.15) is 13.2 Å². The predicted molar refractivity (Wildman–Crippen MR) is 66.8 cm³/mol. The highest BCUT2D eigenvalue weighted by atomic mass is 19.4. The summed E-state index contributed by atoms with van der Waals surface area (Å²) in [4.78, 5) is 12.7. The van der Waals surface area contributed by atoms with Crippen molar-refractivity contribution in [3.63, 3.8) is 0 Å². The summed E-state index contributed by atoms with van der Waals surface area (Å²) in [6.07, 6.45) is -7.39. The van der Waals surface area contributed by atoms with Gasteiger partial charge in [-0.1, -0.05) is 12.1 Å². The van der Waals surface area contributed by atoms with Gasteiger partial charge in [0.05, 0.1) is 18.5 Å². The lowest BCUT2D eigenvalue weighted by atomic mass is 10.1. The number of hydrogen-bond donors (Lipinski definition) is 1. The Balaban J connectivity index is 2.72. The van der Waals surface area contributed by atoms with E-state index in [1.54, 1.807) is 0 Å². The molecule has 1 aromatic carbocycles. The minimum Gasteiger partial charge on any atom is -0.335 e. The van der Waals surface area contributed by atoms with Gasteiger partial charge in [0.1, 0.15) is 0 Å². The number of alkyl halides is 5. The molecular weight excluding hydrogens is 295 g/mol. The normalized spacial score (nSPS) is 11.8. The molecule has 0 fully saturated rings. The predicted octanol–water partition coefficient (Wildman–Crippen LogP) is 2.30. The first kappa shape index (κ1) is 17.4. The Morgan fingerprint density at radius 3 is 2.19 bits per heavy atom. The van der Waals surface area contributed by atoms with Crippen LogP contribution in [-0.2, 0) is 17.4 Å². The Morgan fingerprint density at radius 1 is 1.19 bits per heavy atom. The van der Waals surface area contributed by atoms with Crippen molar-refractivity contribution in [1.29, 1.82) is 0 Å². The van der Waals surface area contributed by atoms with E-state index in [0.29, 0.717) is 5.56 Å². The molecule has 0 saturated heterocycles. The van der Waals surface area contributed by atoms with E-state index >= 15 is 0 Å². The van der Waals surface area contributed by atoms with Crippen molar-refractivity contribution in [2.24, 2.45) is 5.73 Å². The Kier molecular flexibility index (Phi) is 6.07. The van der Waals surface area contributed by atoms with Crippen LogP contribution in [0.3, 0.4) is 0 Å². The molecule has 0 radical (unpaired) electrons. The Bertz CT molecular complexity index is 459. The Hall–Kier alpha value is -1.70. The smallest absolute Gasteiger partial charge is 0.335 e. The minimum absolute atomic E-state index is 0.0240. The fourth-order valence-corrected chi connectivity index (χ4v) is 1.74. The monoisotopic (exact) mass is 310 g/mol. The van der Waals surface area contributed by atoms with E-state index in [9.17, 15) is 26.7 Å². The molecule has 1 aromatic rings. The molecule has 2 N–H and O–H groups in total. The molecule has 0 saturated carbocycles. The van der Waals surface area contributed by atoms with Crippen LogP contribution < -0.4 is 5.73 Å². The van der Waals surface area contributed by atoms with Gasteiger partial charge in [0.25, 0.3) is 6.43 Å². The van der Waals surface area contributed by atoms with Gasteiger partial charge >= 0.3 is 6.18 Å². The van der Waals surface area contributed by atoms with Crippen LogP contribution in [0.25, 0.3) is 0 Å². The van der Waals surface area contributed by atoms with E-state index < -0.39 is 30.6 Å². The van der Waals surface area contributed by atoms with E-state index in [2.05, 4.69) is 0 Å². The number of nitrogens with two attached hydrogens (primary N) is 1. The maximum absolute atomic E-state index is 12.4. The number of nitrogens with zero attached hydrogens (tertiary/aromatic N) is 1. The van der Waals surface area contributed by atoms with Crippen molar-refractivity contribution >= 4 is 5.91 Å². The van der Waals surface area contributed by atoms with E-state index in [1.165, 1.54) is 0 Å². The average molecular weight is 310 g/mol. The largest absolute Gasteiger partial charge is 0.416 e. The highest BCUT2D eigenvalue weighted by molar-refractivity contribution is 5.78. The number of hydrogen-bond acceptors (Lipinski definition) is 2. The molecule has 0 unspecified atom stereocenters. The second-order valence-electron chi connectivity index (χ2n) is 4.39. The van der Waals surface area contributed by atoms with Crippen LogP contribution in [0.15, 0.2) is 24.3 Å². The first-order valence-corrected chi connectivity index (χ1v) is 6.16. The van der Waals surface area contributed by atoms with Crippen LogP contribution in [0, 0.1) is 0 Å². The molecular formula is C13H15F5N2O. The van der Waals surface area contributed by atoms with E-state index in [1.807, 2.05) is 0 Å². The first-order valence-electron chi connectivity index (χ1n) is 6.16. The summed E-state index contributed by atoms with van der Waals surface area (Å²) in [5.41, 5.74) is 4.74. The third-order valence-electron chi connectivity index (χ3n) is 2.75. The highest BCUT2D eigenvalue weighted by Gasteiger charge is 2.30. The molecule has 21 heavy (non-hydrogen) atoms. The van der Waals surface area contributed by atoms with Crippen molar-refractivity contribution in [2.45, 2.75) is 19.0 Å². The van der Waals surface area contributed by atoms with Gasteiger partial charge < -0.3 is 10.6 Å². The van der Waals surface area contributed by atoms with E-state index in [-0.39, 0.29) is 19.5 Å². The number of amides is 1. The second-order valence-corrected chi connectivity index (χ2v) is 4.39. The molecule has 0 aliphatic carbocycles. The van der Waals surface area contributed by atoms with E-state index in [4.69, 9.17) is 5.73 Å². The fourth-order valence-electron chi connectivity index (χ4n) is 1.74. The SMILES string of the molecule is NCCN(CC(F)F)C(=O)Cc1ccc(C(F)(F)F)cc1. The van der Waals surface area contributed by atoms with Crippen molar-refractivity contribution in [2.75, 3.05) is 19.6 Å². The number of rotatable bonds is 6. The summed E-state index contributed by atoms with van der Waals surface area (Å²) < 4.78 is 61.8. The zero-order valence-electron chi connectivity index (χ0n) is 11.0. The summed E-state index contributed by atoms with van der Waals surface area (Å²) in [7, 11) is 0.